The van der Waals surface area contributed by atoms with Crippen molar-refractivity contribution in [1.29, 1.82) is 0 Å². The molecule has 136 valence electrons. The summed E-state index contributed by atoms with van der Waals surface area (Å²) in [6.45, 7) is 4.69. The number of hydrogen-bond acceptors (Lipinski definition) is 5. The highest BCUT2D eigenvalue weighted by Crippen LogP contribution is 2.19. The molecule has 1 aliphatic heterocycles. The maximum absolute atomic E-state index is 4.71. The van der Waals surface area contributed by atoms with E-state index in [1.165, 1.54) is 0 Å². The predicted molar refractivity (Wildman–Crippen MR) is 105 cm³/mol. The Morgan fingerprint density at radius 2 is 1.67 bits per heavy atom. The van der Waals surface area contributed by atoms with Crippen LogP contribution in [0.5, 0.6) is 0 Å². The van der Waals surface area contributed by atoms with Crippen LogP contribution in [-0.2, 0) is 6.54 Å². The molecule has 1 fully saturated rings. The zero-order valence-corrected chi connectivity index (χ0v) is 15.0. The molecule has 27 heavy (non-hydrogen) atoms. The molecule has 0 aliphatic carbocycles. The van der Waals surface area contributed by atoms with E-state index in [-0.39, 0.29) is 0 Å². The molecule has 7 heteroatoms. The van der Waals surface area contributed by atoms with Crippen molar-refractivity contribution in [2.24, 2.45) is 0 Å². The number of H-pyrrole nitrogens is 1. The van der Waals surface area contributed by atoms with E-state index in [1.54, 1.807) is 0 Å². The van der Waals surface area contributed by atoms with Gasteiger partial charge in [-0.2, -0.15) is 0 Å². The van der Waals surface area contributed by atoms with Crippen molar-refractivity contribution >= 4 is 17.0 Å². The van der Waals surface area contributed by atoms with Crippen LogP contribution in [0, 0.1) is 0 Å². The lowest BCUT2D eigenvalue weighted by atomic mass is 10.3. The SMILES string of the molecule is c1ccc(-n2cc(CN3CCN(c4nc5ccccc5[nH]4)CC3)nn2)cc1. The van der Waals surface area contributed by atoms with E-state index in [0.717, 1.165) is 61.1 Å². The van der Waals surface area contributed by atoms with E-state index in [9.17, 15) is 0 Å². The highest BCUT2D eigenvalue weighted by Gasteiger charge is 2.20. The minimum atomic E-state index is 0.820. The van der Waals surface area contributed by atoms with Crippen molar-refractivity contribution in [2.75, 3.05) is 31.1 Å². The molecule has 0 saturated carbocycles. The third-order valence-electron chi connectivity index (χ3n) is 5.00. The van der Waals surface area contributed by atoms with Gasteiger partial charge in [-0.1, -0.05) is 35.5 Å². The first kappa shape index (κ1) is 16.0. The van der Waals surface area contributed by atoms with Crippen LogP contribution in [0.3, 0.4) is 0 Å². The van der Waals surface area contributed by atoms with Gasteiger partial charge in [0.1, 0.15) is 0 Å². The Labute approximate surface area is 157 Å². The summed E-state index contributed by atoms with van der Waals surface area (Å²) in [5.41, 5.74) is 4.14. The van der Waals surface area contributed by atoms with Gasteiger partial charge < -0.3 is 9.88 Å². The molecular weight excluding hydrogens is 338 g/mol. The Hall–Kier alpha value is -3.19. The number of nitrogens with zero attached hydrogens (tertiary/aromatic N) is 6. The van der Waals surface area contributed by atoms with Crippen LogP contribution in [0.15, 0.2) is 60.8 Å². The van der Waals surface area contributed by atoms with Gasteiger partial charge in [0.15, 0.2) is 0 Å². The first-order valence-electron chi connectivity index (χ1n) is 9.24. The van der Waals surface area contributed by atoms with E-state index < -0.39 is 0 Å². The van der Waals surface area contributed by atoms with E-state index in [4.69, 9.17) is 4.98 Å². The molecule has 0 unspecified atom stereocenters. The van der Waals surface area contributed by atoms with Crippen molar-refractivity contribution in [3.8, 4) is 5.69 Å². The van der Waals surface area contributed by atoms with Gasteiger partial charge in [0.05, 0.1) is 28.6 Å². The van der Waals surface area contributed by atoms with E-state index in [0.29, 0.717) is 0 Å². The number of fused-ring (bicyclic) bond motifs is 1. The topological polar surface area (TPSA) is 65.9 Å². The first-order valence-corrected chi connectivity index (χ1v) is 9.24. The van der Waals surface area contributed by atoms with Crippen LogP contribution in [-0.4, -0.2) is 56.0 Å². The first-order chi connectivity index (χ1) is 13.3. The highest BCUT2D eigenvalue weighted by molar-refractivity contribution is 5.77. The van der Waals surface area contributed by atoms with Crippen molar-refractivity contribution < 1.29 is 0 Å². The van der Waals surface area contributed by atoms with Gasteiger partial charge in [0, 0.05) is 32.7 Å². The molecule has 1 aliphatic rings. The maximum Gasteiger partial charge on any atom is 0.203 e. The Bertz CT molecular complexity index is 996. The van der Waals surface area contributed by atoms with Crippen LogP contribution < -0.4 is 4.90 Å². The van der Waals surface area contributed by atoms with Crippen LogP contribution in [0.1, 0.15) is 5.69 Å². The molecule has 0 bridgehead atoms. The van der Waals surface area contributed by atoms with Gasteiger partial charge in [0.2, 0.25) is 5.95 Å². The largest absolute Gasteiger partial charge is 0.340 e. The summed E-state index contributed by atoms with van der Waals surface area (Å²) in [7, 11) is 0. The average molecular weight is 359 g/mol. The molecule has 0 atom stereocenters. The fraction of sp³-hybridized carbons (Fsp3) is 0.250. The van der Waals surface area contributed by atoms with Crippen molar-refractivity contribution in [2.45, 2.75) is 6.54 Å². The molecule has 2 aromatic heterocycles. The number of rotatable bonds is 4. The van der Waals surface area contributed by atoms with E-state index in [1.807, 2.05) is 59.4 Å². The molecule has 0 amide bonds. The summed E-state index contributed by atoms with van der Waals surface area (Å²) in [5, 5.41) is 8.59. The smallest absolute Gasteiger partial charge is 0.203 e. The third kappa shape index (κ3) is 3.29. The molecule has 3 heterocycles. The second-order valence-electron chi connectivity index (χ2n) is 6.83. The Morgan fingerprint density at radius 1 is 0.889 bits per heavy atom. The van der Waals surface area contributed by atoms with Gasteiger partial charge in [0.25, 0.3) is 0 Å². The van der Waals surface area contributed by atoms with Crippen molar-refractivity contribution in [1.82, 2.24) is 29.9 Å². The second kappa shape index (κ2) is 6.85. The van der Waals surface area contributed by atoms with Gasteiger partial charge in [-0.25, -0.2) is 9.67 Å². The van der Waals surface area contributed by atoms with E-state index in [2.05, 4.69) is 31.2 Å². The molecular formula is C20H21N7. The lowest BCUT2D eigenvalue weighted by Crippen LogP contribution is -2.46. The minimum Gasteiger partial charge on any atom is -0.340 e. The van der Waals surface area contributed by atoms with Gasteiger partial charge >= 0.3 is 0 Å². The maximum atomic E-state index is 4.71. The summed E-state index contributed by atoms with van der Waals surface area (Å²) < 4.78 is 1.83. The standard InChI is InChI=1S/C20H21N7/c1-2-6-17(7-3-1)27-15-16(23-24-27)14-25-10-12-26(13-11-25)20-21-18-8-4-5-9-19(18)22-20/h1-9,15H,10-14H2,(H,21,22). The Kier molecular flexibility index (Phi) is 4.06. The lowest BCUT2D eigenvalue weighted by Gasteiger charge is -2.34. The number of benzene rings is 2. The van der Waals surface area contributed by atoms with Crippen LogP contribution in [0.25, 0.3) is 16.7 Å². The molecule has 0 radical (unpaired) electrons. The molecule has 1 N–H and O–H groups in total. The summed E-state index contributed by atoms with van der Waals surface area (Å²) in [6, 6.07) is 18.2. The van der Waals surface area contributed by atoms with Crippen molar-refractivity contribution in [3.05, 3.63) is 66.5 Å². The van der Waals surface area contributed by atoms with E-state index >= 15 is 0 Å². The van der Waals surface area contributed by atoms with Gasteiger partial charge in [-0.05, 0) is 24.3 Å². The minimum absolute atomic E-state index is 0.820. The fourth-order valence-corrected chi connectivity index (χ4v) is 3.51. The van der Waals surface area contributed by atoms with Gasteiger partial charge in [-0.15, -0.1) is 5.10 Å². The molecule has 2 aromatic carbocycles. The van der Waals surface area contributed by atoms with Crippen LogP contribution in [0.4, 0.5) is 5.95 Å². The Balaban J connectivity index is 1.21. The summed E-state index contributed by atoms with van der Waals surface area (Å²) >= 11 is 0. The molecule has 5 rings (SSSR count). The number of para-hydroxylation sites is 3. The number of anilines is 1. The average Bonchev–Trinajstić information content (AvgIpc) is 3.36. The number of aromatic amines is 1. The van der Waals surface area contributed by atoms with Crippen LogP contribution >= 0.6 is 0 Å². The molecule has 7 nitrogen and oxygen atoms in total. The Morgan fingerprint density at radius 3 is 2.48 bits per heavy atom. The zero-order valence-electron chi connectivity index (χ0n) is 15.0. The number of aromatic nitrogens is 5. The predicted octanol–water partition coefficient (Wildman–Crippen LogP) is 2.47. The fourth-order valence-electron chi connectivity index (χ4n) is 3.51. The second-order valence-corrected chi connectivity index (χ2v) is 6.83. The van der Waals surface area contributed by atoms with Crippen LogP contribution in [0.2, 0.25) is 0 Å². The lowest BCUT2D eigenvalue weighted by molar-refractivity contribution is 0.246. The van der Waals surface area contributed by atoms with Crippen molar-refractivity contribution in [3.63, 3.8) is 0 Å². The number of imidazole rings is 1. The summed E-state index contributed by atoms with van der Waals surface area (Å²) in [6.07, 6.45) is 2.01. The zero-order chi connectivity index (χ0) is 18.1. The number of nitrogens with one attached hydrogen (secondary N) is 1. The quantitative estimate of drug-likeness (QED) is 0.606. The monoisotopic (exact) mass is 359 g/mol. The number of piperazine rings is 1. The number of hydrogen-bond donors (Lipinski definition) is 1. The third-order valence-corrected chi connectivity index (χ3v) is 5.00. The summed E-state index contributed by atoms with van der Waals surface area (Å²) in [4.78, 5) is 12.9. The molecule has 0 spiro atoms. The molecule has 1 saturated heterocycles. The highest BCUT2D eigenvalue weighted by atomic mass is 15.4. The normalized spacial score (nSPS) is 15.5. The summed E-state index contributed by atoms with van der Waals surface area (Å²) in [5.74, 6) is 0.964. The molecule has 4 aromatic rings. The van der Waals surface area contributed by atoms with Gasteiger partial charge in [-0.3, -0.25) is 4.90 Å².